The van der Waals surface area contributed by atoms with E-state index < -0.39 is 35.6 Å². The van der Waals surface area contributed by atoms with Gasteiger partial charge < -0.3 is 29.3 Å². The molecule has 2 bridgehead atoms. The molecule has 4 rings (SSSR count). The Bertz CT molecular complexity index is 1170. The first kappa shape index (κ1) is 33.2. The molecule has 43 heavy (non-hydrogen) atoms. The topological polar surface area (TPSA) is 99.6 Å². The Morgan fingerprint density at radius 1 is 1.16 bits per heavy atom. The number of ether oxygens (including phenoxy) is 2. The van der Waals surface area contributed by atoms with Crippen LogP contribution >= 0.6 is 15.9 Å². The molecule has 3 heterocycles. The van der Waals surface area contributed by atoms with Crippen molar-refractivity contribution in [3.63, 3.8) is 0 Å². The molecule has 3 amide bonds. The van der Waals surface area contributed by atoms with Crippen molar-refractivity contribution in [3.05, 3.63) is 49.6 Å². The van der Waals surface area contributed by atoms with E-state index in [0.717, 1.165) is 19.3 Å². The number of anilines is 1. The summed E-state index contributed by atoms with van der Waals surface area (Å²) >= 11 is 3.76. The minimum Gasteiger partial charge on any atom is -0.494 e. The van der Waals surface area contributed by atoms with Gasteiger partial charge in [0.25, 0.3) is 0 Å². The van der Waals surface area contributed by atoms with E-state index in [0.29, 0.717) is 44.0 Å². The number of rotatable bonds is 16. The van der Waals surface area contributed by atoms with Crippen molar-refractivity contribution in [3.8, 4) is 5.75 Å². The van der Waals surface area contributed by atoms with E-state index in [4.69, 9.17) is 9.47 Å². The van der Waals surface area contributed by atoms with Crippen LogP contribution in [0.5, 0.6) is 5.75 Å². The van der Waals surface area contributed by atoms with E-state index in [1.807, 2.05) is 38.1 Å². The fourth-order valence-electron chi connectivity index (χ4n) is 7.13. The average molecular weight is 661 g/mol. The number of fused-ring (bicyclic) bond motifs is 1. The number of unbranched alkanes of at least 4 members (excludes halogenated alkanes) is 2. The van der Waals surface area contributed by atoms with Crippen LogP contribution in [-0.4, -0.2) is 94.1 Å². The van der Waals surface area contributed by atoms with Crippen LogP contribution in [0.2, 0.25) is 0 Å². The molecule has 3 aliphatic rings. The monoisotopic (exact) mass is 659 g/mol. The summed E-state index contributed by atoms with van der Waals surface area (Å²) in [4.78, 5) is 48.1. The van der Waals surface area contributed by atoms with Crippen LogP contribution in [0, 0.1) is 11.8 Å². The van der Waals surface area contributed by atoms with Gasteiger partial charge in [0.05, 0.1) is 37.2 Å². The Kier molecular flexibility index (Phi) is 11.1. The third kappa shape index (κ3) is 6.02. The molecule has 1 aromatic carbocycles. The van der Waals surface area contributed by atoms with Gasteiger partial charge in [0.2, 0.25) is 17.7 Å². The third-order valence-corrected chi connectivity index (χ3v) is 9.90. The SMILES string of the molecule is C=CCN(CCCCC)C(=O)C1N([C@@H](CC)CO)C(=O)[C@@H]2[C@@H](C(=O)N(CC=C)c3ccc(OCC)cc3)[C@@H]3OC12CC3Br. The molecule has 3 fully saturated rings. The summed E-state index contributed by atoms with van der Waals surface area (Å²) in [7, 11) is 0. The molecular weight excluding hydrogens is 614 g/mol. The Morgan fingerprint density at radius 2 is 1.86 bits per heavy atom. The highest BCUT2D eigenvalue weighted by Gasteiger charge is 2.77. The predicted molar refractivity (Wildman–Crippen MR) is 170 cm³/mol. The molecule has 1 N–H and O–H groups in total. The zero-order valence-electron chi connectivity index (χ0n) is 25.6. The number of halogens is 1. The summed E-state index contributed by atoms with van der Waals surface area (Å²) in [6.45, 7) is 15.0. The molecule has 3 unspecified atom stereocenters. The molecule has 3 saturated heterocycles. The number of alkyl halides is 1. The third-order valence-electron chi connectivity index (χ3n) is 9.05. The van der Waals surface area contributed by atoms with Crippen molar-refractivity contribution in [2.45, 2.75) is 81.5 Å². The summed E-state index contributed by atoms with van der Waals surface area (Å²) in [5, 5.41) is 10.4. The summed E-state index contributed by atoms with van der Waals surface area (Å²) in [6.07, 6.45) is 6.44. The molecule has 0 aliphatic carbocycles. The van der Waals surface area contributed by atoms with Crippen LogP contribution in [0.3, 0.4) is 0 Å². The fraction of sp³-hybridized carbons (Fsp3) is 0.606. The van der Waals surface area contributed by atoms with Crippen LogP contribution in [-0.2, 0) is 19.1 Å². The number of hydrogen-bond donors (Lipinski definition) is 1. The number of aliphatic hydroxyl groups excluding tert-OH is 1. The normalized spacial score (nSPS) is 28.0. The molecule has 7 atom stereocenters. The smallest absolute Gasteiger partial charge is 0.248 e. The molecule has 1 aromatic rings. The molecule has 3 aliphatic heterocycles. The highest BCUT2D eigenvalue weighted by molar-refractivity contribution is 9.09. The first-order valence-electron chi connectivity index (χ1n) is 15.5. The van der Waals surface area contributed by atoms with Crippen LogP contribution in [0.15, 0.2) is 49.6 Å². The van der Waals surface area contributed by atoms with Crippen molar-refractivity contribution in [2.24, 2.45) is 11.8 Å². The van der Waals surface area contributed by atoms with E-state index in [1.165, 1.54) is 0 Å². The fourth-order valence-corrected chi connectivity index (χ4v) is 8.07. The van der Waals surface area contributed by atoms with Crippen LogP contribution < -0.4 is 9.64 Å². The lowest BCUT2D eigenvalue weighted by Crippen LogP contribution is -2.59. The first-order valence-corrected chi connectivity index (χ1v) is 16.5. The minimum absolute atomic E-state index is 0.221. The van der Waals surface area contributed by atoms with Crippen LogP contribution in [0.1, 0.15) is 52.9 Å². The van der Waals surface area contributed by atoms with Gasteiger partial charge >= 0.3 is 0 Å². The van der Waals surface area contributed by atoms with Crippen molar-refractivity contribution in [1.29, 1.82) is 0 Å². The molecule has 236 valence electrons. The van der Waals surface area contributed by atoms with Gasteiger partial charge in [0, 0.05) is 30.1 Å². The molecule has 0 saturated carbocycles. The summed E-state index contributed by atoms with van der Waals surface area (Å²) in [5.74, 6) is -1.76. The maximum atomic E-state index is 14.5. The van der Waals surface area contributed by atoms with Gasteiger partial charge in [-0.05, 0) is 50.5 Å². The van der Waals surface area contributed by atoms with Gasteiger partial charge in [-0.1, -0.05) is 54.8 Å². The Balaban J connectivity index is 1.76. The van der Waals surface area contributed by atoms with Crippen molar-refractivity contribution < 1.29 is 29.0 Å². The highest BCUT2D eigenvalue weighted by Crippen LogP contribution is 2.61. The zero-order valence-corrected chi connectivity index (χ0v) is 27.2. The molecule has 9 nitrogen and oxygen atoms in total. The van der Waals surface area contributed by atoms with E-state index >= 15 is 0 Å². The predicted octanol–water partition coefficient (Wildman–Crippen LogP) is 4.33. The molecule has 0 aromatic heterocycles. The number of amides is 3. The van der Waals surface area contributed by atoms with Gasteiger partial charge in [0.1, 0.15) is 17.4 Å². The number of likely N-dealkylation sites (tertiary alicyclic amines) is 1. The van der Waals surface area contributed by atoms with Gasteiger partial charge in [-0.15, -0.1) is 13.2 Å². The number of benzene rings is 1. The maximum Gasteiger partial charge on any atom is 0.248 e. The largest absolute Gasteiger partial charge is 0.494 e. The van der Waals surface area contributed by atoms with Crippen LogP contribution in [0.4, 0.5) is 5.69 Å². The van der Waals surface area contributed by atoms with Crippen molar-refractivity contribution in [2.75, 3.05) is 37.7 Å². The lowest BCUT2D eigenvalue weighted by molar-refractivity contribution is -0.151. The van der Waals surface area contributed by atoms with Gasteiger partial charge in [-0.2, -0.15) is 0 Å². The summed E-state index contributed by atoms with van der Waals surface area (Å²) in [6, 6.07) is 5.73. The van der Waals surface area contributed by atoms with Gasteiger partial charge in [-0.3, -0.25) is 14.4 Å². The molecule has 10 heteroatoms. The second-order valence-electron chi connectivity index (χ2n) is 11.6. The lowest BCUT2D eigenvalue weighted by atomic mass is 9.70. The Labute approximate surface area is 264 Å². The van der Waals surface area contributed by atoms with Crippen molar-refractivity contribution in [1.82, 2.24) is 9.80 Å². The first-order chi connectivity index (χ1) is 20.7. The van der Waals surface area contributed by atoms with Crippen LogP contribution in [0.25, 0.3) is 0 Å². The Morgan fingerprint density at radius 3 is 2.44 bits per heavy atom. The molecule has 0 radical (unpaired) electrons. The standard InChI is InChI=1S/C33H46BrN3O6/c1-6-11-12-19-35(17-7-2)32(41)29-33-20-25(34)28(43-33)26(27(33)31(40)37(29)22(9-4)21-38)30(39)36(18-8-3)23-13-15-24(16-14-23)42-10-5/h7-8,13-16,22,25-29,38H,2-3,6,9-12,17-21H2,1,4-5H3/t22-,25?,26+,27-,28+,29?,33?/m0/s1. The quantitative estimate of drug-likeness (QED) is 0.161. The second kappa shape index (κ2) is 14.4. The number of nitrogens with zero attached hydrogens (tertiary/aromatic N) is 3. The second-order valence-corrected chi connectivity index (χ2v) is 12.8. The van der Waals surface area contributed by atoms with E-state index in [-0.39, 0.29) is 35.7 Å². The maximum absolute atomic E-state index is 14.5. The molecular formula is C33H46BrN3O6. The average Bonchev–Trinajstić information content (AvgIpc) is 3.60. The van der Waals surface area contributed by atoms with Crippen molar-refractivity contribution >= 4 is 39.3 Å². The van der Waals surface area contributed by atoms with Gasteiger partial charge in [-0.25, -0.2) is 0 Å². The van der Waals surface area contributed by atoms with Gasteiger partial charge in [0.15, 0.2) is 0 Å². The number of hydrogen-bond acceptors (Lipinski definition) is 6. The van der Waals surface area contributed by atoms with E-state index in [2.05, 4.69) is 36.0 Å². The van der Waals surface area contributed by atoms with E-state index in [9.17, 15) is 19.5 Å². The lowest BCUT2D eigenvalue weighted by Gasteiger charge is -2.39. The Hall–Kier alpha value is -2.69. The zero-order chi connectivity index (χ0) is 31.3. The highest BCUT2D eigenvalue weighted by atomic mass is 79.9. The minimum atomic E-state index is -1.20. The summed E-state index contributed by atoms with van der Waals surface area (Å²) in [5.41, 5.74) is -0.542. The number of carbonyl (C=O) groups is 3. The number of carbonyl (C=O) groups excluding carboxylic acids is 3. The van der Waals surface area contributed by atoms with E-state index in [1.54, 1.807) is 26.9 Å². The molecule has 1 spiro atoms. The number of aliphatic hydroxyl groups is 1. The summed E-state index contributed by atoms with van der Waals surface area (Å²) < 4.78 is 12.3.